The summed E-state index contributed by atoms with van der Waals surface area (Å²) in [4.78, 5) is 31.0. The van der Waals surface area contributed by atoms with E-state index < -0.39 is 29.4 Å². The van der Waals surface area contributed by atoms with Crippen LogP contribution in [0.4, 0.5) is 17.6 Å². The molecule has 0 radical (unpaired) electrons. The van der Waals surface area contributed by atoms with Gasteiger partial charge in [0.2, 0.25) is 0 Å². The summed E-state index contributed by atoms with van der Waals surface area (Å²) in [5.74, 6) is -3.22. The normalized spacial score (nSPS) is 27.5. The number of Topliss-reactive ketones (excluding diaryl/α,β-unsaturated/α-hetero) is 2. The zero-order valence-electron chi connectivity index (χ0n) is 18.0. The van der Waals surface area contributed by atoms with Crippen molar-refractivity contribution in [3.8, 4) is 0 Å². The molecule has 31 heavy (non-hydrogen) atoms. The van der Waals surface area contributed by atoms with Crippen LogP contribution in [0.2, 0.25) is 0 Å². The zero-order chi connectivity index (χ0) is 22.9. The van der Waals surface area contributed by atoms with E-state index in [1.54, 1.807) is 0 Å². The Balaban J connectivity index is 1.90. The van der Waals surface area contributed by atoms with Gasteiger partial charge < -0.3 is 0 Å². The Kier molecular flexibility index (Phi) is 4.84. The smallest absolute Gasteiger partial charge is 0.299 e. The van der Waals surface area contributed by atoms with Gasteiger partial charge in [-0.15, -0.1) is 0 Å². The molecule has 3 aliphatic rings. The molecule has 1 fully saturated rings. The molecular formula is C24H25F4NO2. The van der Waals surface area contributed by atoms with Crippen LogP contribution in [0.3, 0.4) is 0 Å². The van der Waals surface area contributed by atoms with Crippen molar-refractivity contribution >= 4 is 17.3 Å². The van der Waals surface area contributed by atoms with Gasteiger partial charge in [-0.25, -0.2) is 4.39 Å². The number of hydrogen-bond donors (Lipinski definition) is 0. The molecule has 1 saturated carbocycles. The SMILES string of the molecule is CC1(C)CC(=O)C2C(=NC3=C(C(=O)CC(C)(C)C3)C2c2ccc(C(F)(F)F)c(F)c2)C1. The molecule has 2 unspecified atom stereocenters. The first-order chi connectivity index (χ1) is 14.2. The number of allylic oxidation sites excluding steroid dienone is 2. The summed E-state index contributed by atoms with van der Waals surface area (Å²) in [6.45, 7) is 7.86. The highest BCUT2D eigenvalue weighted by molar-refractivity contribution is 6.13. The van der Waals surface area contributed by atoms with Crippen LogP contribution < -0.4 is 0 Å². The molecule has 1 aromatic carbocycles. The largest absolute Gasteiger partial charge is 0.419 e. The summed E-state index contributed by atoms with van der Waals surface area (Å²) >= 11 is 0. The predicted octanol–water partition coefficient (Wildman–Crippen LogP) is 6.03. The van der Waals surface area contributed by atoms with Crippen molar-refractivity contribution in [3.05, 3.63) is 46.4 Å². The monoisotopic (exact) mass is 435 g/mol. The molecule has 7 heteroatoms. The first kappa shape index (κ1) is 21.9. The third-order valence-corrected chi connectivity index (χ3v) is 6.50. The van der Waals surface area contributed by atoms with Gasteiger partial charge in [-0.05, 0) is 41.4 Å². The van der Waals surface area contributed by atoms with Crippen molar-refractivity contribution in [2.75, 3.05) is 0 Å². The summed E-state index contributed by atoms with van der Waals surface area (Å²) in [7, 11) is 0. The van der Waals surface area contributed by atoms with Crippen molar-refractivity contribution < 1.29 is 27.2 Å². The summed E-state index contributed by atoms with van der Waals surface area (Å²) < 4.78 is 53.7. The predicted molar refractivity (Wildman–Crippen MR) is 108 cm³/mol. The van der Waals surface area contributed by atoms with E-state index in [1.807, 2.05) is 27.7 Å². The van der Waals surface area contributed by atoms with Gasteiger partial charge in [0.15, 0.2) is 5.78 Å². The molecule has 3 nitrogen and oxygen atoms in total. The maximum absolute atomic E-state index is 14.5. The standard InChI is InChI=1S/C24H25F4NO2/c1-22(2)8-15-20(17(30)10-22)19(12-5-6-13(14(25)7-12)24(26,27)28)21-16(29-15)9-23(3,4)11-18(21)31/h5-7,19-20H,8-11H2,1-4H3. The molecule has 1 heterocycles. The molecule has 0 aromatic heterocycles. The maximum atomic E-state index is 14.5. The van der Waals surface area contributed by atoms with Gasteiger partial charge in [0.05, 0.1) is 11.5 Å². The first-order valence-corrected chi connectivity index (χ1v) is 10.4. The van der Waals surface area contributed by atoms with E-state index in [1.165, 1.54) is 6.07 Å². The van der Waals surface area contributed by atoms with Crippen LogP contribution in [-0.2, 0) is 15.8 Å². The second kappa shape index (κ2) is 6.84. The van der Waals surface area contributed by atoms with Crippen LogP contribution in [-0.4, -0.2) is 17.3 Å². The van der Waals surface area contributed by atoms with Crippen LogP contribution >= 0.6 is 0 Å². The Morgan fingerprint density at radius 2 is 1.58 bits per heavy atom. The fourth-order valence-electron chi connectivity index (χ4n) is 5.33. The van der Waals surface area contributed by atoms with Gasteiger partial charge in [-0.3, -0.25) is 14.6 Å². The quantitative estimate of drug-likeness (QED) is 0.506. The number of aliphatic imine (C=N–C) groups is 1. The average molecular weight is 435 g/mol. The van der Waals surface area contributed by atoms with E-state index in [-0.39, 0.29) is 40.8 Å². The summed E-state index contributed by atoms with van der Waals surface area (Å²) in [5.41, 5.74) is -0.149. The Morgan fingerprint density at radius 3 is 2.19 bits per heavy atom. The number of benzene rings is 1. The minimum absolute atomic E-state index is 0.107. The Morgan fingerprint density at radius 1 is 0.935 bits per heavy atom. The van der Waals surface area contributed by atoms with Crippen molar-refractivity contribution in [1.29, 1.82) is 0 Å². The van der Waals surface area contributed by atoms with Crippen LogP contribution in [0, 0.1) is 22.6 Å². The first-order valence-electron chi connectivity index (χ1n) is 10.4. The number of carbonyl (C=O) groups is 2. The number of nitrogens with zero attached hydrogens (tertiary/aromatic N) is 1. The molecule has 2 aliphatic carbocycles. The fraction of sp³-hybridized carbons (Fsp3) is 0.542. The molecule has 0 N–H and O–H groups in total. The number of halogens is 4. The van der Waals surface area contributed by atoms with E-state index >= 15 is 0 Å². The summed E-state index contributed by atoms with van der Waals surface area (Å²) in [5, 5.41) is 0. The number of ketones is 2. The van der Waals surface area contributed by atoms with Gasteiger partial charge in [0, 0.05) is 35.7 Å². The highest BCUT2D eigenvalue weighted by Crippen LogP contribution is 2.51. The minimum Gasteiger partial charge on any atom is -0.299 e. The molecule has 4 rings (SSSR count). The molecule has 1 aliphatic heterocycles. The van der Waals surface area contributed by atoms with Gasteiger partial charge in [0.1, 0.15) is 11.6 Å². The highest BCUT2D eigenvalue weighted by atomic mass is 19.4. The third kappa shape index (κ3) is 3.87. The number of rotatable bonds is 1. The lowest BCUT2D eigenvalue weighted by Gasteiger charge is -2.44. The van der Waals surface area contributed by atoms with Crippen molar-refractivity contribution in [2.24, 2.45) is 21.7 Å². The third-order valence-electron chi connectivity index (χ3n) is 6.50. The number of hydrogen-bond acceptors (Lipinski definition) is 3. The molecule has 0 bridgehead atoms. The van der Waals surface area contributed by atoms with E-state index in [0.717, 1.165) is 6.07 Å². The molecule has 0 saturated heterocycles. The maximum Gasteiger partial charge on any atom is 0.419 e. The average Bonchev–Trinajstić information content (AvgIpc) is 2.56. The van der Waals surface area contributed by atoms with E-state index in [2.05, 4.69) is 0 Å². The number of alkyl halides is 3. The van der Waals surface area contributed by atoms with Crippen LogP contribution in [0.1, 0.15) is 70.4 Å². The summed E-state index contributed by atoms with van der Waals surface area (Å²) in [6.07, 6.45) is -3.21. The van der Waals surface area contributed by atoms with Crippen molar-refractivity contribution in [1.82, 2.24) is 0 Å². The molecular weight excluding hydrogens is 410 g/mol. The molecule has 1 aromatic rings. The number of fused-ring (bicyclic) bond motifs is 1. The Hall–Kier alpha value is -2.31. The van der Waals surface area contributed by atoms with Gasteiger partial charge in [-0.1, -0.05) is 33.8 Å². The van der Waals surface area contributed by atoms with Crippen LogP contribution in [0.25, 0.3) is 0 Å². The highest BCUT2D eigenvalue weighted by Gasteiger charge is 2.50. The van der Waals surface area contributed by atoms with E-state index in [4.69, 9.17) is 4.99 Å². The lowest BCUT2D eigenvalue weighted by atomic mass is 9.60. The van der Waals surface area contributed by atoms with Crippen LogP contribution in [0.15, 0.2) is 34.5 Å². The fourth-order valence-corrected chi connectivity index (χ4v) is 5.33. The minimum atomic E-state index is -4.82. The van der Waals surface area contributed by atoms with E-state index in [9.17, 15) is 27.2 Å². The topological polar surface area (TPSA) is 46.5 Å². The van der Waals surface area contributed by atoms with Gasteiger partial charge >= 0.3 is 6.18 Å². The van der Waals surface area contributed by atoms with Crippen molar-refractivity contribution in [2.45, 2.75) is 65.5 Å². The number of carbonyl (C=O) groups excluding carboxylic acids is 2. The lowest BCUT2D eigenvalue weighted by Crippen LogP contribution is -2.45. The molecule has 0 amide bonds. The lowest BCUT2D eigenvalue weighted by molar-refractivity contribution is -0.140. The Labute approximate surface area is 178 Å². The molecule has 0 spiro atoms. The van der Waals surface area contributed by atoms with Gasteiger partial charge in [0.25, 0.3) is 0 Å². The molecule has 166 valence electrons. The van der Waals surface area contributed by atoms with Crippen LogP contribution in [0.5, 0.6) is 0 Å². The van der Waals surface area contributed by atoms with E-state index in [0.29, 0.717) is 35.9 Å². The summed E-state index contributed by atoms with van der Waals surface area (Å²) in [6, 6.07) is 2.73. The van der Waals surface area contributed by atoms with Gasteiger partial charge in [-0.2, -0.15) is 13.2 Å². The Bertz CT molecular complexity index is 1050. The zero-order valence-corrected chi connectivity index (χ0v) is 18.0. The second-order valence-electron chi connectivity index (χ2n) is 10.6. The van der Waals surface area contributed by atoms with Crippen molar-refractivity contribution in [3.63, 3.8) is 0 Å². The second-order valence-corrected chi connectivity index (χ2v) is 10.6. The molecule has 2 atom stereocenters.